The van der Waals surface area contributed by atoms with E-state index in [0.717, 1.165) is 40.2 Å². The average molecular weight is 500 g/mol. The van der Waals surface area contributed by atoms with Gasteiger partial charge in [-0.2, -0.15) is 5.10 Å². The Hall–Kier alpha value is -3.16. The Labute approximate surface area is 205 Å². The average Bonchev–Trinajstić information content (AvgIpc) is 3.14. The predicted molar refractivity (Wildman–Crippen MR) is 132 cm³/mol. The number of fused-ring (bicyclic) bond motifs is 1. The lowest BCUT2D eigenvalue weighted by atomic mass is 9.99. The van der Waals surface area contributed by atoms with Crippen molar-refractivity contribution in [3.63, 3.8) is 0 Å². The monoisotopic (exact) mass is 499 g/mol. The highest BCUT2D eigenvalue weighted by Crippen LogP contribution is 2.38. The molecule has 0 fully saturated rings. The van der Waals surface area contributed by atoms with Crippen LogP contribution in [0.25, 0.3) is 16.9 Å². The van der Waals surface area contributed by atoms with Crippen molar-refractivity contribution in [2.24, 2.45) is 0 Å². The van der Waals surface area contributed by atoms with E-state index in [1.54, 1.807) is 10.7 Å². The molecule has 174 valence electrons. The number of hydrogen-bond donors (Lipinski definition) is 1. The maximum atomic E-state index is 15.2. The van der Waals surface area contributed by atoms with Crippen LogP contribution in [-0.4, -0.2) is 21.3 Å². The molecule has 0 radical (unpaired) electrons. The van der Waals surface area contributed by atoms with Crippen molar-refractivity contribution < 1.29 is 8.78 Å². The van der Waals surface area contributed by atoms with Gasteiger partial charge in [0, 0.05) is 42.9 Å². The van der Waals surface area contributed by atoms with Crippen molar-refractivity contribution in [1.29, 1.82) is 0 Å². The number of aryl methyl sites for hydroxylation is 2. The van der Waals surface area contributed by atoms with Gasteiger partial charge in [-0.3, -0.25) is 0 Å². The third-order valence-electron chi connectivity index (χ3n) is 6.11. The van der Waals surface area contributed by atoms with Gasteiger partial charge in [0.2, 0.25) is 0 Å². The molecule has 2 aromatic heterocycles. The highest BCUT2D eigenvalue weighted by atomic mass is 35.5. The minimum Gasteiger partial charge on any atom is -0.396 e. The molecule has 9 heteroatoms. The van der Waals surface area contributed by atoms with Gasteiger partial charge in [-0.15, -0.1) is 0 Å². The number of nitrogens with two attached hydrogens (primary N) is 1. The van der Waals surface area contributed by atoms with Crippen LogP contribution in [0.4, 0.5) is 20.3 Å². The number of rotatable bonds is 3. The van der Waals surface area contributed by atoms with E-state index in [4.69, 9.17) is 34.0 Å². The summed E-state index contributed by atoms with van der Waals surface area (Å²) in [6.45, 7) is 4.92. The van der Waals surface area contributed by atoms with Gasteiger partial charge in [0.1, 0.15) is 17.5 Å². The molecule has 1 aliphatic rings. The Balaban J connectivity index is 1.74. The molecule has 0 unspecified atom stereocenters. The zero-order valence-corrected chi connectivity index (χ0v) is 20.1. The Morgan fingerprint density at radius 3 is 2.47 bits per heavy atom. The molecule has 3 heterocycles. The number of hydrogen-bond acceptors (Lipinski definition) is 4. The van der Waals surface area contributed by atoms with Crippen LogP contribution in [0.2, 0.25) is 10.0 Å². The van der Waals surface area contributed by atoms with Gasteiger partial charge < -0.3 is 10.6 Å². The lowest BCUT2D eigenvalue weighted by Crippen LogP contribution is -2.31. The summed E-state index contributed by atoms with van der Waals surface area (Å²) in [5.74, 6) is -0.727. The van der Waals surface area contributed by atoms with Crippen LogP contribution in [0.3, 0.4) is 0 Å². The number of halogens is 4. The molecule has 1 aliphatic heterocycles. The number of nitrogens with zero attached hydrogens (tertiary/aromatic N) is 4. The number of pyridine rings is 1. The zero-order chi connectivity index (χ0) is 24.1. The molecular formula is C25H21Cl2F2N5. The second-order valence-corrected chi connectivity index (χ2v) is 9.25. The number of nitrogen functional groups attached to an aromatic ring is 1. The summed E-state index contributed by atoms with van der Waals surface area (Å²) >= 11 is 12.4. The molecule has 0 amide bonds. The maximum Gasteiger partial charge on any atom is 0.147 e. The summed E-state index contributed by atoms with van der Waals surface area (Å²) in [6, 6.07) is 9.68. The minimum absolute atomic E-state index is 0.0973. The molecule has 0 saturated heterocycles. The Morgan fingerprint density at radius 1 is 1.03 bits per heavy atom. The first kappa shape index (κ1) is 22.6. The van der Waals surface area contributed by atoms with E-state index in [9.17, 15) is 4.39 Å². The van der Waals surface area contributed by atoms with E-state index in [1.165, 1.54) is 6.20 Å². The fourth-order valence-corrected chi connectivity index (χ4v) is 5.02. The van der Waals surface area contributed by atoms with Crippen LogP contribution in [0, 0.1) is 25.5 Å². The highest BCUT2D eigenvalue weighted by Gasteiger charge is 2.30. The smallest absolute Gasteiger partial charge is 0.147 e. The van der Waals surface area contributed by atoms with Gasteiger partial charge in [0.15, 0.2) is 0 Å². The number of para-hydroxylation sites is 1. The molecular weight excluding hydrogens is 479 g/mol. The van der Waals surface area contributed by atoms with Crippen molar-refractivity contribution in [1.82, 2.24) is 14.8 Å². The second-order valence-electron chi connectivity index (χ2n) is 8.41. The summed E-state index contributed by atoms with van der Waals surface area (Å²) < 4.78 is 31.5. The van der Waals surface area contributed by atoms with Crippen LogP contribution in [0.15, 0.2) is 42.6 Å². The largest absolute Gasteiger partial charge is 0.396 e. The van der Waals surface area contributed by atoms with Gasteiger partial charge in [-0.1, -0.05) is 41.4 Å². The van der Waals surface area contributed by atoms with E-state index >= 15 is 4.39 Å². The van der Waals surface area contributed by atoms with Gasteiger partial charge >= 0.3 is 0 Å². The van der Waals surface area contributed by atoms with Crippen molar-refractivity contribution in [2.75, 3.05) is 17.2 Å². The van der Waals surface area contributed by atoms with Crippen LogP contribution in [0.5, 0.6) is 0 Å². The molecule has 4 aromatic rings. The molecule has 5 rings (SSSR count). The van der Waals surface area contributed by atoms with Crippen LogP contribution < -0.4 is 10.6 Å². The molecule has 2 N–H and O–H groups in total. The summed E-state index contributed by atoms with van der Waals surface area (Å²) in [7, 11) is 0. The number of aromatic nitrogens is 3. The van der Waals surface area contributed by atoms with Crippen LogP contribution in [-0.2, 0) is 13.0 Å². The molecule has 0 aliphatic carbocycles. The van der Waals surface area contributed by atoms with Crippen molar-refractivity contribution >= 4 is 34.7 Å². The first-order chi connectivity index (χ1) is 16.2. The van der Waals surface area contributed by atoms with Gasteiger partial charge in [-0.25, -0.2) is 18.4 Å². The van der Waals surface area contributed by atoms with Gasteiger partial charge in [0.25, 0.3) is 0 Å². The summed E-state index contributed by atoms with van der Waals surface area (Å²) in [5, 5.41) is 5.73. The molecule has 5 nitrogen and oxygen atoms in total. The summed E-state index contributed by atoms with van der Waals surface area (Å²) in [5.41, 5.74) is 10.3. The van der Waals surface area contributed by atoms with Gasteiger partial charge in [0.05, 0.1) is 32.8 Å². The zero-order valence-electron chi connectivity index (χ0n) is 18.5. The Bertz CT molecular complexity index is 1410. The minimum atomic E-state index is -0.686. The molecule has 0 spiro atoms. The van der Waals surface area contributed by atoms with Crippen molar-refractivity contribution in [2.45, 2.75) is 26.8 Å². The fourth-order valence-electron chi connectivity index (χ4n) is 4.52. The Kier molecular flexibility index (Phi) is 5.70. The Morgan fingerprint density at radius 2 is 1.76 bits per heavy atom. The molecule has 0 bridgehead atoms. The summed E-state index contributed by atoms with van der Waals surface area (Å²) in [6.07, 6.45) is 2.12. The first-order valence-corrected chi connectivity index (χ1v) is 11.5. The normalized spacial score (nSPS) is 13.3. The standard InChI is InChI=1S/C25H21Cl2F2N5/c1-13-4-3-5-14(2)23(13)34-24(16-9-20(29)21(30)10-19(16)28)17-12-33(7-6-22(17)32-34)25-18(27)8-15(26)11-31-25/h3-5,8-11H,6-7,12,30H2,1-2H3. The summed E-state index contributed by atoms with van der Waals surface area (Å²) in [4.78, 5) is 6.39. The molecule has 0 saturated carbocycles. The van der Waals surface area contributed by atoms with Crippen LogP contribution >= 0.6 is 23.2 Å². The van der Waals surface area contributed by atoms with Crippen molar-refractivity contribution in [3.8, 4) is 16.9 Å². The van der Waals surface area contributed by atoms with E-state index < -0.39 is 11.6 Å². The number of benzene rings is 2. The lowest BCUT2D eigenvalue weighted by molar-refractivity contribution is 0.605. The number of anilines is 2. The van der Waals surface area contributed by atoms with E-state index in [0.29, 0.717) is 41.1 Å². The second kappa shape index (κ2) is 8.56. The molecule has 2 aromatic carbocycles. The predicted octanol–water partition coefficient (Wildman–Crippen LogP) is 6.28. The van der Waals surface area contributed by atoms with Crippen LogP contribution in [0.1, 0.15) is 22.4 Å². The molecule has 34 heavy (non-hydrogen) atoms. The topological polar surface area (TPSA) is 60.0 Å². The molecule has 0 atom stereocenters. The quantitative estimate of drug-likeness (QED) is 0.337. The van der Waals surface area contributed by atoms with E-state index in [2.05, 4.69) is 4.98 Å². The van der Waals surface area contributed by atoms with E-state index in [1.807, 2.05) is 36.9 Å². The lowest BCUT2D eigenvalue weighted by Gasteiger charge is -2.28. The maximum absolute atomic E-state index is 15.2. The third-order valence-corrected chi connectivity index (χ3v) is 6.60. The van der Waals surface area contributed by atoms with Crippen molar-refractivity contribution in [3.05, 3.63) is 86.7 Å². The highest BCUT2D eigenvalue weighted by molar-refractivity contribution is 6.36. The van der Waals surface area contributed by atoms with Gasteiger partial charge in [-0.05, 0) is 37.1 Å². The SMILES string of the molecule is Cc1cccc(C)c1-n1nc2c(c1-c1cc(F)c(N)cc1F)CN(c1ncc(Cl)cc1Cl)CC2. The fraction of sp³-hybridized carbons (Fsp3) is 0.200. The van der Waals surface area contributed by atoms with E-state index in [-0.39, 0.29) is 11.3 Å². The third kappa shape index (κ3) is 3.79. The first-order valence-electron chi connectivity index (χ1n) is 10.7.